The molecule has 23 heavy (non-hydrogen) atoms. The topological polar surface area (TPSA) is 66.4 Å². The van der Waals surface area contributed by atoms with Crippen molar-refractivity contribution >= 4 is 11.9 Å². The molecule has 1 aromatic carbocycles. The normalized spacial score (nSPS) is 28.7. The molecule has 2 saturated carbocycles. The molecule has 0 radical (unpaired) electrons. The first kappa shape index (κ1) is 15.8. The van der Waals surface area contributed by atoms with Crippen LogP contribution in [0.25, 0.3) is 0 Å². The van der Waals surface area contributed by atoms with Crippen LogP contribution in [0.5, 0.6) is 0 Å². The summed E-state index contributed by atoms with van der Waals surface area (Å²) in [6.07, 6.45) is 1.82. The van der Waals surface area contributed by atoms with Crippen LogP contribution in [0.15, 0.2) is 41.5 Å². The maximum atomic E-state index is 12.7. The molecule has 2 fully saturated rings. The first-order valence-electron chi connectivity index (χ1n) is 8.22. The van der Waals surface area contributed by atoms with Gasteiger partial charge in [-0.15, -0.1) is 0 Å². The third kappa shape index (κ3) is 2.78. The van der Waals surface area contributed by atoms with E-state index in [4.69, 9.17) is 0 Å². The molecular weight excluding hydrogens is 290 g/mol. The number of carbonyl (C=O) groups is 2. The minimum absolute atomic E-state index is 0.0370. The molecule has 0 spiro atoms. The largest absolute Gasteiger partial charge is 0.481 e. The van der Waals surface area contributed by atoms with Crippen LogP contribution >= 0.6 is 0 Å². The van der Waals surface area contributed by atoms with Gasteiger partial charge in [0.1, 0.15) is 0 Å². The fourth-order valence-electron chi connectivity index (χ4n) is 4.51. The van der Waals surface area contributed by atoms with E-state index in [0.29, 0.717) is 6.54 Å². The number of fused-ring (bicyclic) bond motifs is 2. The van der Waals surface area contributed by atoms with Gasteiger partial charge in [-0.05, 0) is 44.1 Å². The van der Waals surface area contributed by atoms with Gasteiger partial charge in [-0.25, -0.2) is 0 Å². The van der Waals surface area contributed by atoms with Crippen LogP contribution in [0, 0.1) is 23.7 Å². The van der Waals surface area contributed by atoms with E-state index in [2.05, 4.69) is 5.32 Å². The Balaban J connectivity index is 1.79. The summed E-state index contributed by atoms with van der Waals surface area (Å²) in [4.78, 5) is 24.4. The number of hydrogen-bond acceptors (Lipinski definition) is 2. The highest BCUT2D eigenvalue weighted by Gasteiger charge is 2.57. The second-order valence-corrected chi connectivity index (χ2v) is 6.84. The lowest BCUT2D eigenvalue weighted by molar-refractivity contribution is -0.149. The molecule has 0 heterocycles. The van der Waals surface area contributed by atoms with Gasteiger partial charge in [0.25, 0.3) is 0 Å². The van der Waals surface area contributed by atoms with Gasteiger partial charge in [-0.3, -0.25) is 9.59 Å². The van der Waals surface area contributed by atoms with Gasteiger partial charge in [-0.1, -0.05) is 41.5 Å². The molecule has 0 saturated heterocycles. The number of benzene rings is 1. The summed E-state index contributed by atoms with van der Waals surface area (Å²) >= 11 is 0. The Labute approximate surface area is 136 Å². The summed E-state index contributed by atoms with van der Waals surface area (Å²) in [6.45, 7) is 4.51. The number of amides is 1. The number of aliphatic carboxylic acids is 1. The van der Waals surface area contributed by atoms with Crippen molar-refractivity contribution in [2.75, 3.05) is 0 Å². The smallest absolute Gasteiger partial charge is 0.307 e. The Hall–Kier alpha value is -2.10. The lowest BCUT2D eigenvalue weighted by Gasteiger charge is -2.26. The molecular formula is C19H23NO3. The summed E-state index contributed by atoms with van der Waals surface area (Å²) in [5, 5.41) is 12.6. The van der Waals surface area contributed by atoms with Crippen LogP contribution in [0.1, 0.15) is 32.3 Å². The van der Waals surface area contributed by atoms with Crippen molar-refractivity contribution < 1.29 is 14.7 Å². The highest BCUT2D eigenvalue weighted by Crippen LogP contribution is 2.57. The Kier molecular flexibility index (Phi) is 4.24. The summed E-state index contributed by atoms with van der Waals surface area (Å²) in [5.74, 6) is -1.82. The van der Waals surface area contributed by atoms with Crippen LogP contribution in [0.4, 0.5) is 0 Å². The third-order valence-electron chi connectivity index (χ3n) is 5.32. The first-order chi connectivity index (χ1) is 11.0. The minimum atomic E-state index is -0.837. The number of allylic oxidation sites excluding steroid dienone is 2. The van der Waals surface area contributed by atoms with Crippen molar-refractivity contribution in [1.82, 2.24) is 5.32 Å². The molecule has 1 aromatic rings. The zero-order valence-corrected chi connectivity index (χ0v) is 13.6. The first-order valence-corrected chi connectivity index (χ1v) is 8.22. The fraction of sp³-hybridized carbons (Fsp3) is 0.474. The monoisotopic (exact) mass is 313 g/mol. The molecule has 2 aliphatic rings. The molecule has 2 bridgehead atoms. The van der Waals surface area contributed by atoms with Gasteiger partial charge in [0.05, 0.1) is 11.8 Å². The average Bonchev–Trinajstić information content (AvgIpc) is 3.09. The molecule has 4 heteroatoms. The second-order valence-electron chi connectivity index (χ2n) is 6.84. The van der Waals surface area contributed by atoms with Gasteiger partial charge in [-0.2, -0.15) is 0 Å². The van der Waals surface area contributed by atoms with Crippen LogP contribution in [-0.4, -0.2) is 17.0 Å². The van der Waals surface area contributed by atoms with Crippen LogP contribution in [0.3, 0.4) is 0 Å². The van der Waals surface area contributed by atoms with Crippen LogP contribution in [0.2, 0.25) is 0 Å². The molecule has 122 valence electrons. The van der Waals surface area contributed by atoms with Gasteiger partial charge in [0.2, 0.25) is 5.91 Å². The number of carbonyl (C=O) groups excluding carboxylic acids is 1. The Bertz CT molecular complexity index is 646. The van der Waals surface area contributed by atoms with Gasteiger partial charge < -0.3 is 10.4 Å². The number of nitrogens with one attached hydrogen (secondary N) is 1. The number of carboxylic acid groups (broad SMARTS) is 1. The summed E-state index contributed by atoms with van der Waals surface area (Å²) in [7, 11) is 0. The predicted molar refractivity (Wildman–Crippen MR) is 87.5 cm³/mol. The van der Waals surface area contributed by atoms with Crippen LogP contribution < -0.4 is 5.32 Å². The maximum absolute atomic E-state index is 12.7. The van der Waals surface area contributed by atoms with E-state index in [1.807, 2.05) is 44.2 Å². The zero-order valence-electron chi connectivity index (χ0n) is 13.6. The SMILES string of the molecule is CC(C)=C1[C@H]2CC[C@@H]1[C@@H](C(=O)NCc1ccccc1)[C@H]2C(=O)O. The Morgan fingerprint density at radius 3 is 2.26 bits per heavy atom. The summed E-state index contributed by atoms with van der Waals surface area (Å²) in [5.41, 5.74) is 3.43. The lowest BCUT2D eigenvalue weighted by Crippen LogP contribution is -2.41. The maximum Gasteiger partial charge on any atom is 0.307 e. The summed E-state index contributed by atoms with van der Waals surface area (Å²) in [6, 6.07) is 9.71. The van der Waals surface area contributed by atoms with Crippen LogP contribution in [-0.2, 0) is 16.1 Å². The lowest BCUT2D eigenvalue weighted by atomic mass is 9.78. The standard InChI is InChI=1S/C19H23NO3/c1-11(2)15-13-8-9-14(15)17(19(22)23)16(13)18(21)20-10-12-6-4-3-5-7-12/h3-7,13-14,16-17H,8-10H2,1-2H3,(H,20,21)(H,22,23)/t13-,14+,16+,17-/m0/s1. The van der Waals surface area contributed by atoms with E-state index in [1.165, 1.54) is 11.1 Å². The van der Waals surface area contributed by atoms with Gasteiger partial charge in [0, 0.05) is 6.54 Å². The second kappa shape index (κ2) is 6.19. The summed E-state index contributed by atoms with van der Waals surface area (Å²) < 4.78 is 0. The number of rotatable bonds is 4. The molecule has 3 rings (SSSR count). The van der Waals surface area contributed by atoms with Crippen molar-refractivity contribution in [1.29, 1.82) is 0 Å². The van der Waals surface area contributed by atoms with Crippen molar-refractivity contribution in [2.24, 2.45) is 23.7 Å². The van der Waals surface area contributed by atoms with E-state index in [-0.39, 0.29) is 17.7 Å². The van der Waals surface area contributed by atoms with E-state index in [1.54, 1.807) is 0 Å². The third-order valence-corrected chi connectivity index (χ3v) is 5.32. The Morgan fingerprint density at radius 1 is 1.09 bits per heavy atom. The average molecular weight is 313 g/mol. The molecule has 0 aliphatic heterocycles. The molecule has 4 atom stereocenters. The predicted octanol–water partition coefficient (Wildman–Crippen LogP) is 3.00. The minimum Gasteiger partial charge on any atom is -0.481 e. The van der Waals surface area contributed by atoms with Crippen molar-refractivity contribution in [3.63, 3.8) is 0 Å². The molecule has 0 unspecified atom stereocenters. The number of carboxylic acids is 1. The van der Waals surface area contributed by atoms with E-state index in [9.17, 15) is 14.7 Å². The van der Waals surface area contributed by atoms with Crippen molar-refractivity contribution in [2.45, 2.75) is 33.2 Å². The zero-order chi connectivity index (χ0) is 16.6. The number of hydrogen-bond donors (Lipinski definition) is 2. The fourth-order valence-corrected chi connectivity index (χ4v) is 4.51. The van der Waals surface area contributed by atoms with Gasteiger partial charge in [0.15, 0.2) is 0 Å². The highest BCUT2D eigenvalue weighted by molar-refractivity contribution is 5.87. The quantitative estimate of drug-likeness (QED) is 0.840. The van der Waals surface area contributed by atoms with Crippen molar-refractivity contribution in [3.8, 4) is 0 Å². The van der Waals surface area contributed by atoms with E-state index >= 15 is 0 Å². The van der Waals surface area contributed by atoms with E-state index in [0.717, 1.165) is 18.4 Å². The van der Waals surface area contributed by atoms with Gasteiger partial charge >= 0.3 is 5.97 Å². The molecule has 2 aliphatic carbocycles. The highest BCUT2D eigenvalue weighted by atomic mass is 16.4. The molecule has 0 aromatic heterocycles. The molecule has 1 amide bonds. The van der Waals surface area contributed by atoms with Crippen molar-refractivity contribution in [3.05, 3.63) is 47.0 Å². The molecule has 2 N–H and O–H groups in total. The Morgan fingerprint density at radius 2 is 1.70 bits per heavy atom. The van der Waals surface area contributed by atoms with E-state index < -0.39 is 17.8 Å². The molecule has 4 nitrogen and oxygen atoms in total.